The molecule has 0 aromatic carbocycles. The maximum Gasteiger partial charge on any atom is 0.434 e. The molecule has 126 valence electrons. The summed E-state index contributed by atoms with van der Waals surface area (Å²) in [7, 11) is 0. The SMILES string of the molecule is CCNC(=NCC1CC1)NCCc1nc(C(F)(F)F)cs1.I. The van der Waals surface area contributed by atoms with Crippen LogP contribution >= 0.6 is 35.3 Å². The van der Waals surface area contributed by atoms with Gasteiger partial charge in [0.2, 0.25) is 0 Å². The molecule has 4 nitrogen and oxygen atoms in total. The molecule has 1 aliphatic carbocycles. The molecule has 2 N–H and O–H groups in total. The second-order valence-corrected chi connectivity index (χ2v) is 5.91. The lowest BCUT2D eigenvalue weighted by atomic mass is 10.4. The molecule has 1 fully saturated rings. The minimum Gasteiger partial charge on any atom is -0.357 e. The fraction of sp³-hybridized carbons (Fsp3) is 0.692. The second kappa shape index (κ2) is 8.90. The first-order valence-electron chi connectivity index (χ1n) is 7.03. The zero-order valence-electron chi connectivity index (χ0n) is 12.2. The number of aliphatic imine (C=N–C) groups is 1. The molecule has 1 aromatic heterocycles. The van der Waals surface area contributed by atoms with Gasteiger partial charge >= 0.3 is 6.18 Å². The summed E-state index contributed by atoms with van der Waals surface area (Å²) in [5.41, 5.74) is -0.809. The van der Waals surface area contributed by atoms with E-state index in [4.69, 9.17) is 0 Å². The van der Waals surface area contributed by atoms with Gasteiger partial charge in [-0.15, -0.1) is 35.3 Å². The van der Waals surface area contributed by atoms with Crippen molar-refractivity contribution in [3.05, 3.63) is 16.1 Å². The summed E-state index contributed by atoms with van der Waals surface area (Å²) in [6.07, 6.45) is -1.43. The van der Waals surface area contributed by atoms with Crippen molar-refractivity contribution in [2.24, 2.45) is 10.9 Å². The van der Waals surface area contributed by atoms with Gasteiger partial charge in [-0.1, -0.05) is 0 Å². The molecule has 0 unspecified atom stereocenters. The lowest BCUT2D eigenvalue weighted by Crippen LogP contribution is -2.38. The molecule has 0 atom stereocenters. The Labute approximate surface area is 149 Å². The molecule has 0 spiro atoms. The van der Waals surface area contributed by atoms with E-state index in [1.165, 1.54) is 12.8 Å². The topological polar surface area (TPSA) is 49.3 Å². The number of hydrogen-bond donors (Lipinski definition) is 2. The number of guanidine groups is 1. The highest BCUT2D eigenvalue weighted by Crippen LogP contribution is 2.30. The Morgan fingerprint density at radius 2 is 2.14 bits per heavy atom. The average molecular weight is 448 g/mol. The lowest BCUT2D eigenvalue weighted by molar-refractivity contribution is -0.140. The van der Waals surface area contributed by atoms with Crippen molar-refractivity contribution in [1.82, 2.24) is 15.6 Å². The number of hydrogen-bond acceptors (Lipinski definition) is 3. The van der Waals surface area contributed by atoms with Crippen LogP contribution in [0, 0.1) is 5.92 Å². The van der Waals surface area contributed by atoms with Crippen molar-refractivity contribution in [3.63, 3.8) is 0 Å². The third kappa shape index (κ3) is 6.67. The molecule has 0 bridgehead atoms. The number of alkyl halides is 3. The Kier molecular flexibility index (Phi) is 7.87. The van der Waals surface area contributed by atoms with Crippen LogP contribution in [-0.2, 0) is 12.6 Å². The predicted octanol–water partition coefficient (Wildman–Crippen LogP) is 3.29. The molecule has 0 saturated heterocycles. The molecular formula is C13H20F3IN4S. The van der Waals surface area contributed by atoms with Gasteiger partial charge in [-0.05, 0) is 25.7 Å². The third-order valence-electron chi connectivity index (χ3n) is 3.02. The normalized spacial score (nSPS) is 15.4. The van der Waals surface area contributed by atoms with E-state index in [-0.39, 0.29) is 24.0 Å². The van der Waals surface area contributed by atoms with E-state index < -0.39 is 11.9 Å². The number of aromatic nitrogens is 1. The monoisotopic (exact) mass is 448 g/mol. The molecule has 0 radical (unpaired) electrons. The number of thiazole rings is 1. The Bertz CT molecular complexity index is 486. The van der Waals surface area contributed by atoms with Gasteiger partial charge in [0.05, 0.1) is 5.01 Å². The number of rotatable bonds is 6. The average Bonchev–Trinajstić information content (AvgIpc) is 3.11. The van der Waals surface area contributed by atoms with Crippen molar-refractivity contribution >= 4 is 41.3 Å². The van der Waals surface area contributed by atoms with Gasteiger partial charge < -0.3 is 10.6 Å². The fourth-order valence-corrected chi connectivity index (χ4v) is 2.51. The maximum atomic E-state index is 12.4. The van der Waals surface area contributed by atoms with E-state index in [1.54, 1.807) is 0 Å². The quantitative estimate of drug-likeness (QED) is 0.399. The van der Waals surface area contributed by atoms with E-state index in [2.05, 4.69) is 20.6 Å². The molecule has 0 aliphatic heterocycles. The van der Waals surface area contributed by atoms with E-state index in [0.29, 0.717) is 23.9 Å². The van der Waals surface area contributed by atoms with Gasteiger partial charge in [0, 0.05) is 31.4 Å². The summed E-state index contributed by atoms with van der Waals surface area (Å²) < 4.78 is 37.3. The van der Waals surface area contributed by atoms with Crippen molar-refractivity contribution in [2.75, 3.05) is 19.6 Å². The van der Waals surface area contributed by atoms with Gasteiger partial charge in [-0.3, -0.25) is 4.99 Å². The summed E-state index contributed by atoms with van der Waals surface area (Å²) >= 11 is 1.04. The summed E-state index contributed by atoms with van der Waals surface area (Å²) in [6, 6.07) is 0. The van der Waals surface area contributed by atoms with Crippen LogP contribution < -0.4 is 10.6 Å². The molecule has 1 aliphatic rings. The summed E-state index contributed by atoms with van der Waals surface area (Å²) in [6.45, 7) is 4.06. The maximum absolute atomic E-state index is 12.4. The van der Waals surface area contributed by atoms with E-state index in [9.17, 15) is 13.2 Å². The molecule has 1 aromatic rings. The number of halogens is 4. The smallest absolute Gasteiger partial charge is 0.357 e. The van der Waals surface area contributed by atoms with Gasteiger partial charge in [0.1, 0.15) is 0 Å². The lowest BCUT2D eigenvalue weighted by Gasteiger charge is -2.10. The van der Waals surface area contributed by atoms with Crippen LogP contribution in [0.1, 0.15) is 30.5 Å². The highest BCUT2D eigenvalue weighted by Gasteiger charge is 2.33. The van der Waals surface area contributed by atoms with Crippen LogP contribution in [0.25, 0.3) is 0 Å². The van der Waals surface area contributed by atoms with Crippen molar-refractivity contribution in [2.45, 2.75) is 32.4 Å². The molecular weight excluding hydrogens is 428 g/mol. The molecule has 0 amide bonds. The minimum atomic E-state index is -4.36. The second-order valence-electron chi connectivity index (χ2n) is 4.96. The number of nitrogens with zero attached hydrogens (tertiary/aromatic N) is 2. The van der Waals surface area contributed by atoms with Crippen molar-refractivity contribution in [1.29, 1.82) is 0 Å². The molecule has 2 rings (SSSR count). The first-order valence-corrected chi connectivity index (χ1v) is 7.90. The van der Waals surface area contributed by atoms with E-state index >= 15 is 0 Å². The zero-order valence-corrected chi connectivity index (χ0v) is 15.4. The van der Waals surface area contributed by atoms with Crippen LogP contribution in [0.2, 0.25) is 0 Å². The standard InChI is InChI=1S/C13H19F3N4S.HI/c1-2-17-12(19-7-9-3-4-9)18-6-5-11-20-10(8-21-11)13(14,15)16;/h8-9H,2-7H2,1H3,(H2,17,18,19);1H. The zero-order chi connectivity index (χ0) is 15.3. The van der Waals surface area contributed by atoms with E-state index in [1.807, 2.05) is 6.92 Å². The first kappa shape index (κ1) is 19.5. The van der Waals surface area contributed by atoms with Gasteiger partial charge in [-0.25, -0.2) is 4.98 Å². The Balaban J connectivity index is 0.00000242. The van der Waals surface area contributed by atoms with Crippen molar-refractivity contribution in [3.8, 4) is 0 Å². The summed E-state index contributed by atoms with van der Waals surface area (Å²) in [5.74, 6) is 1.42. The molecule has 1 saturated carbocycles. The molecule has 9 heteroatoms. The van der Waals surface area contributed by atoms with E-state index in [0.717, 1.165) is 35.8 Å². The van der Waals surface area contributed by atoms with Gasteiger partial charge in [-0.2, -0.15) is 13.2 Å². The number of nitrogens with one attached hydrogen (secondary N) is 2. The van der Waals surface area contributed by atoms with Crippen LogP contribution in [0.4, 0.5) is 13.2 Å². The Morgan fingerprint density at radius 1 is 1.41 bits per heavy atom. The van der Waals surface area contributed by atoms with Gasteiger partial charge in [0.25, 0.3) is 0 Å². The molecule has 22 heavy (non-hydrogen) atoms. The Hall–Kier alpha value is -0.580. The largest absolute Gasteiger partial charge is 0.434 e. The highest BCUT2D eigenvalue weighted by atomic mass is 127. The van der Waals surface area contributed by atoms with Crippen LogP contribution in [0.3, 0.4) is 0 Å². The third-order valence-corrected chi connectivity index (χ3v) is 3.93. The highest BCUT2D eigenvalue weighted by molar-refractivity contribution is 14.0. The summed E-state index contributed by atoms with van der Waals surface area (Å²) in [5, 5.41) is 7.78. The Morgan fingerprint density at radius 3 is 2.68 bits per heavy atom. The van der Waals surface area contributed by atoms with Crippen LogP contribution in [0.15, 0.2) is 10.4 Å². The summed E-state index contributed by atoms with van der Waals surface area (Å²) in [4.78, 5) is 8.05. The van der Waals surface area contributed by atoms with Crippen LogP contribution in [0.5, 0.6) is 0 Å². The molecule has 1 heterocycles. The van der Waals surface area contributed by atoms with Crippen molar-refractivity contribution < 1.29 is 13.2 Å². The van der Waals surface area contributed by atoms with Gasteiger partial charge in [0.15, 0.2) is 11.7 Å². The van der Waals surface area contributed by atoms with Crippen LogP contribution in [-0.4, -0.2) is 30.6 Å². The fourth-order valence-electron chi connectivity index (χ4n) is 1.71. The predicted molar refractivity (Wildman–Crippen MR) is 92.9 cm³/mol. The first-order chi connectivity index (χ1) is 9.99. The minimum absolute atomic E-state index is 0.